The Morgan fingerprint density at radius 1 is 1.23 bits per heavy atom. The van der Waals surface area contributed by atoms with E-state index in [1.54, 1.807) is 0 Å². The predicted molar refractivity (Wildman–Crippen MR) is 114 cm³/mol. The third-order valence-corrected chi connectivity index (χ3v) is 6.93. The molecule has 6 heteroatoms. The fourth-order valence-electron chi connectivity index (χ4n) is 3.42. The Kier molecular flexibility index (Phi) is 7.53. The number of rotatable bonds is 7. The number of thiophene rings is 2. The van der Waals surface area contributed by atoms with Crippen LogP contribution >= 0.6 is 22.7 Å². The number of aryl methyl sites for hydroxylation is 1. The zero-order valence-corrected chi connectivity index (χ0v) is 17.5. The Balaban J connectivity index is 1.41. The Bertz CT molecular complexity index is 678. The van der Waals surface area contributed by atoms with Gasteiger partial charge in [0.25, 0.3) is 0 Å². The van der Waals surface area contributed by atoms with Crippen molar-refractivity contribution in [2.75, 3.05) is 26.7 Å². The van der Waals surface area contributed by atoms with E-state index < -0.39 is 0 Å². The number of likely N-dealkylation sites (tertiary alicyclic amines) is 1. The third-order valence-electron chi connectivity index (χ3n) is 4.84. The summed E-state index contributed by atoms with van der Waals surface area (Å²) in [5.41, 5.74) is 0. The van der Waals surface area contributed by atoms with Crippen LogP contribution in [0.2, 0.25) is 0 Å². The molecule has 142 valence electrons. The molecule has 2 aromatic heterocycles. The number of hydrogen-bond acceptors (Lipinski definition) is 4. The summed E-state index contributed by atoms with van der Waals surface area (Å²) in [6.07, 6.45) is 3.70. The second-order valence-corrected chi connectivity index (χ2v) is 9.14. The van der Waals surface area contributed by atoms with Crippen LogP contribution in [0.3, 0.4) is 0 Å². The van der Waals surface area contributed by atoms with E-state index in [0.717, 1.165) is 32.0 Å². The molecule has 1 saturated heterocycles. The average molecular weight is 391 g/mol. The molecule has 1 atom stereocenters. The van der Waals surface area contributed by atoms with E-state index in [1.807, 2.05) is 29.7 Å². The molecule has 26 heavy (non-hydrogen) atoms. The molecule has 2 aromatic rings. The first-order valence-electron chi connectivity index (χ1n) is 9.53. The van der Waals surface area contributed by atoms with Crippen molar-refractivity contribution in [3.05, 3.63) is 44.3 Å². The number of aliphatic imine (C=N–C) groups is 1. The lowest BCUT2D eigenvalue weighted by atomic mass is 9.98. The van der Waals surface area contributed by atoms with Gasteiger partial charge < -0.3 is 10.6 Å². The highest BCUT2D eigenvalue weighted by molar-refractivity contribution is 7.12. The van der Waals surface area contributed by atoms with Gasteiger partial charge in [0.05, 0.1) is 6.54 Å². The molecule has 1 fully saturated rings. The molecule has 1 aliphatic heterocycles. The second kappa shape index (κ2) is 10.1. The molecule has 2 N–H and O–H groups in total. The zero-order valence-electron chi connectivity index (χ0n) is 15.8. The Labute approximate surface area is 165 Å². The van der Waals surface area contributed by atoms with Crippen molar-refractivity contribution in [3.63, 3.8) is 0 Å². The van der Waals surface area contributed by atoms with E-state index in [0.29, 0.717) is 5.92 Å². The van der Waals surface area contributed by atoms with E-state index in [-0.39, 0.29) is 0 Å². The summed E-state index contributed by atoms with van der Waals surface area (Å²) in [4.78, 5) is 11.3. The van der Waals surface area contributed by atoms with E-state index >= 15 is 0 Å². The van der Waals surface area contributed by atoms with Gasteiger partial charge in [0.1, 0.15) is 0 Å². The summed E-state index contributed by atoms with van der Waals surface area (Å²) < 4.78 is 0. The maximum Gasteiger partial charge on any atom is 0.191 e. The number of hydrogen-bond donors (Lipinski definition) is 2. The van der Waals surface area contributed by atoms with Crippen LogP contribution in [0.15, 0.2) is 34.6 Å². The van der Waals surface area contributed by atoms with Crippen LogP contribution in [-0.2, 0) is 19.5 Å². The highest BCUT2D eigenvalue weighted by Crippen LogP contribution is 2.20. The predicted octanol–water partition coefficient (Wildman–Crippen LogP) is 3.95. The van der Waals surface area contributed by atoms with Gasteiger partial charge in [-0.05, 0) is 55.3 Å². The molecular weight excluding hydrogens is 360 g/mol. The lowest BCUT2D eigenvalue weighted by Crippen LogP contribution is -2.43. The fraction of sp³-hybridized carbons (Fsp3) is 0.550. The van der Waals surface area contributed by atoms with Crippen LogP contribution in [0.4, 0.5) is 0 Å². The zero-order chi connectivity index (χ0) is 18.2. The summed E-state index contributed by atoms with van der Waals surface area (Å²) in [5, 5.41) is 9.15. The normalized spacial score (nSPS) is 18.8. The average Bonchev–Trinajstić information content (AvgIpc) is 3.34. The van der Waals surface area contributed by atoms with Crippen LogP contribution < -0.4 is 10.6 Å². The molecule has 0 aromatic carbocycles. The topological polar surface area (TPSA) is 39.7 Å². The lowest BCUT2D eigenvalue weighted by Gasteiger charge is -2.32. The van der Waals surface area contributed by atoms with Gasteiger partial charge in [-0.25, -0.2) is 0 Å². The van der Waals surface area contributed by atoms with Crippen molar-refractivity contribution in [1.82, 2.24) is 15.5 Å². The molecule has 1 unspecified atom stereocenters. The van der Waals surface area contributed by atoms with Gasteiger partial charge in [0, 0.05) is 41.3 Å². The first-order chi connectivity index (χ1) is 12.8. The quantitative estimate of drug-likeness (QED) is 0.555. The minimum atomic E-state index is 0.690. The summed E-state index contributed by atoms with van der Waals surface area (Å²) in [7, 11) is 1.85. The van der Waals surface area contributed by atoms with Gasteiger partial charge in [0.2, 0.25) is 0 Å². The van der Waals surface area contributed by atoms with E-state index in [1.165, 1.54) is 40.6 Å². The van der Waals surface area contributed by atoms with Gasteiger partial charge in [-0.15, -0.1) is 22.7 Å². The number of nitrogens with zero attached hydrogens (tertiary/aromatic N) is 2. The largest absolute Gasteiger partial charge is 0.356 e. The van der Waals surface area contributed by atoms with Crippen LogP contribution in [0.25, 0.3) is 0 Å². The molecule has 0 spiro atoms. The molecule has 0 saturated carbocycles. The summed E-state index contributed by atoms with van der Waals surface area (Å²) >= 11 is 3.74. The molecule has 0 bridgehead atoms. The molecule has 0 amide bonds. The van der Waals surface area contributed by atoms with Gasteiger partial charge in [-0.3, -0.25) is 9.89 Å². The lowest BCUT2D eigenvalue weighted by molar-refractivity contribution is 0.169. The molecule has 3 rings (SSSR count). The van der Waals surface area contributed by atoms with Crippen molar-refractivity contribution in [3.8, 4) is 0 Å². The minimum Gasteiger partial charge on any atom is -0.356 e. The highest BCUT2D eigenvalue weighted by atomic mass is 32.1. The van der Waals surface area contributed by atoms with E-state index in [9.17, 15) is 0 Å². The number of guanidine groups is 1. The molecular formula is C20H30N4S2. The van der Waals surface area contributed by atoms with Crippen LogP contribution in [0, 0.1) is 5.92 Å². The Morgan fingerprint density at radius 2 is 2.12 bits per heavy atom. The molecule has 4 nitrogen and oxygen atoms in total. The summed E-state index contributed by atoms with van der Waals surface area (Å²) in [6, 6.07) is 8.83. The molecule has 0 aliphatic carbocycles. The standard InChI is InChI=1S/C20H30N4S2/c1-3-17-8-9-18(26-17)13-23-20(21-2)22-12-16-6-4-10-24(14-16)15-19-7-5-11-25-19/h5,7-9,11,16H,3-4,6,10,12-15H2,1-2H3,(H2,21,22,23). The van der Waals surface area contributed by atoms with Crippen LogP contribution in [0.1, 0.15) is 34.4 Å². The monoisotopic (exact) mass is 390 g/mol. The SMILES string of the molecule is CCc1ccc(CNC(=NC)NCC2CCCN(Cc3cccs3)C2)s1. The number of piperidine rings is 1. The molecule has 0 radical (unpaired) electrons. The second-order valence-electron chi connectivity index (χ2n) is 6.85. The van der Waals surface area contributed by atoms with Crippen LogP contribution in [0.5, 0.6) is 0 Å². The maximum absolute atomic E-state index is 4.38. The van der Waals surface area contributed by atoms with E-state index in [4.69, 9.17) is 0 Å². The van der Waals surface area contributed by atoms with Crippen molar-refractivity contribution in [2.45, 2.75) is 39.3 Å². The van der Waals surface area contributed by atoms with Crippen molar-refractivity contribution < 1.29 is 0 Å². The smallest absolute Gasteiger partial charge is 0.191 e. The summed E-state index contributed by atoms with van der Waals surface area (Å²) in [5.74, 6) is 1.60. The van der Waals surface area contributed by atoms with Crippen LogP contribution in [-0.4, -0.2) is 37.5 Å². The molecule has 3 heterocycles. The van der Waals surface area contributed by atoms with Crippen molar-refractivity contribution in [2.24, 2.45) is 10.9 Å². The first kappa shape index (κ1) is 19.4. The highest BCUT2D eigenvalue weighted by Gasteiger charge is 2.20. The third kappa shape index (κ3) is 5.83. The molecule has 1 aliphatic rings. The van der Waals surface area contributed by atoms with E-state index in [2.05, 4.69) is 57.1 Å². The summed E-state index contributed by atoms with van der Waals surface area (Å²) in [6.45, 7) is 7.53. The Morgan fingerprint density at radius 3 is 2.85 bits per heavy atom. The Hall–Kier alpha value is -1.37. The van der Waals surface area contributed by atoms with Gasteiger partial charge >= 0.3 is 0 Å². The first-order valence-corrected chi connectivity index (χ1v) is 11.2. The minimum absolute atomic E-state index is 0.690. The van der Waals surface area contributed by atoms with Gasteiger partial charge in [-0.2, -0.15) is 0 Å². The van der Waals surface area contributed by atoms with Crippen molar-refractivity contribution in [1.29, 1.82) is 0 Å². The van der Waals surface area contributed by atoms with Crippen molar-refractivity contribution >= 4 is 28.6 Å². The maximum atomic E-state index is 4.38. The fourth-order valence-corrected chi connectivity index (χ4v) is 5.07. The van der Waals surface area contributed by atoms with Gasteiger partial charge in [-0.1, -0.05) is 13.0 Å². The number of nitrogens with one attached hydrogen (secondary N) is 2. The van der Waals surface area contributed by atoms with Gasteiger partial charge in [0.15, 0.2) is 5.96 Å².